The minimum atomic E-state index is -0.408. The quantitative estimate of drug-likeness (QED) is 0.398. The summed E-state index contributed by atoms with van der Waals surface area (Å²) in [6.07, 6.45) is -0.0412. The highest BCUT2D eigenvalue weighted by molar-refractivity contribution is 5.81. The number of aliphatic hydroxyl groups is 2. The predicted molar refractivity (Wildman–Crippen MR) is 84.0 cm³/mol. The molecule has 1 aliphatic rings. The number of ether oxygens (including phenoxy) is 2. The van der Waals surface area contributed by atoms with Crippen molar-refractivity contribution in [3.05, 3.63) is 35.4 Å². The molecule has 2 aromatic carbocycles. The number of rotatable bonds is 6. The summed E-state index contributed by atoms with van der Waals surface area (Å²) in [5.74, 6) is -0.908. The zero-order chi connectivity index (χ0) is 17.3. The maximum Gasteiger partial charge on any atom is 0.169 e. The first-order chi connectivity index (χ1) is 11.5. The summed E-state index contributed by atoms with van der Waals surface area (Å²) < 4.78 is 10.7. The fraction of sp³-hybridized carbons (Fsp3) is 0.294. The van der Waals surface area contributed by atoms with Gasteiger partial charge in [0.25, 0.3) is 0 Å². The first-order valence-corrected chi connectivity index (χ1v) is 7.40. The number of aromatic hydroxyl groups is 3. The number of phenolic OH excluding ortho intramolecular Hbond substituents is 3. The van der Waals surface area contributed by atoms with Gasteiger partial charge in [-0.25, -0.2) is 0 Å². The second kappa shape index (κ2) is 6.56. The molecule has 1 heterocycles. The lowest BCUT2D eigenvalue weighted by molar-refractivity contribution is 0.253. The van der Waals surface area contributed by atoms with Crippen LogP contribution in [-0.4, -0.2) is 44.9 Å². The summed E-state index contributed by atoms with van der Waals surface area (Å²) in [5.41, 5.74) is 1.26. The molecule has 24 heavy (non-hydrogen) atoms. The van der Waals surface area contributed by atoms with Gasteiger partial charge in [-0.05, 0) is 35.4 Å². The highest BCUT2D eigenvalue weighted by Crippen LogP contribution is 2.45. The van der Waals surface area contributed by atoms with Gasteiger partial charge in [0.1, 0.15) is 12.7 Å². The molecule has 1 aliphatic heterocycles. The molecular formula is C17H18O7. The maximum atomic E-state index is 10.2. The van der Waals surface area contributed by atoms with Gasteiger partial charge in [-0.1, -0.05) is 0 Å². The van der Waals surface area contributed by atoms with E-state index < -0.39 is 11.5 Å². The Hall–Kier alpha value is -2.48. The van der Waals surface area contributed by atoms with Gasteiger partial charge in [-0.2, -0.15) is 0 Å². The van der Waals surface area contributed by atoms with Crippen LogP contribution in [0.25, 0.3) is 11.1 Å². The van der Waals surface area contributed by atoms with Crippen molar-refractivity contribution < 1.29 is 35.0 Å². The number of aliphatic hydroxyl groups excluding tert-OH is 2. The zero-order valence-corrected chi connectivity index (χ0v) is 12.8. The van der Waals surface area contributed by atoms with Crippen molar-refractivity contribution in [3.8, 4) is 34.1 Å². The highest BCUT2D eigenvalue weighted by Gasteiger charge is 2.25. The van der Waals surface area contributed by atoms with Crippen LogP contribution < -0.4 is 4.74 Å². The smallest absolute Gasteiger partial charge is 0.169 e. The Morgan fingerprint density at radius 1 is 0.917 bits per heavy atom. The monoisotopic (exact) mass is 334 g/mol. The standard InChI is InChI=1S/C17H18O7/c18-5-9-1-12(16(22)14(20)3-9)13-2-10(6-19)4-15(21)17(13)24-8-11-7-23-11/h1-4,11,18-22H,5-8H2. The molecule has 3 rings (SSSR count). The molecule has 7 nitrogen and oxygen atoms in total. The molecule has 0 aromatic heterocycles. The van der Waals surface area contributed by atoms with E-state index >= 15 is 0 Å². The van der Waals surface area contributed by atoms with Gasteiger partial charge in [0, 0.05) is 11.1 Å². The minimum absolute atomic E-state index is 0.0412. The summed E-state index contributed by atoms with van der Waals surface area (Å²) in [5, 5.41) is 48.9. The molecule has 0 saturated carbocycles. The molecule has 0 radical (unpaired) electrons. The van der Waals surface area contributed by atoms with Gasteiger partial charge in [-0.3, -0.25) is 0 Å². The Kier molecular flexibility index (Phi) is 4.48. The van der Waals surface area contributed by atoms with Gasteiger partial charge >= 0.3 is 0 Å². The van der Waals surface area contributed by atoms with Crippen LogP contribution in [0.2, 0.25) is 0 Å². The van der Waals surface area contributed by atoms with Crippen LogP contribution in [0.3, 0.4) is 0 Å². The largest absolute Gasteiger partial charge is 0.504 e. The SMILES string of the molecule is OCc1cc(O)c(O)c(-c2cc(CO)cc(O)c2OCC2CO2)c1. The summed E-state index contributed by atoms with van der Waals surface area (Å²) in [6, 6.07) is 5.62. The summed E-state index contributed by atoms with van der Waals surface area (Å²) in [7, 11) is 0. The molecule has 5 N–H and O–H groups in total. The average Bonchev–Trinajstić information content (AvgIpc) is 3.39. The number of phenols is 3. The van der Waals surface area contributed by atoms with E-state index in [9.17, 15) is 25.5 Å². The lowest BCUT2D eigenvalue weighted by Gasteiger charge is -2.16. The predicted octanol–water partition coefficient (Wildman–Crippen LogP) is 1.23. The summed E-state index contributed by atoms with van der Waals surface area (Å²) >= 11 is 0. The molecule has 128 valence electrons. The molecule has 1 saturated heterocycles. The van der Waals surface area contributed by atoms with E-state index in [1.807, 2.05) is 0 Å². The molecular weight excluding hydrogens is 316 g/mol. The Bertz CT molecular complexity index is 753. The van der Waals surface area contributed by atoms with Crippen molar-refractivity contribution in [1.29, 1.82) is 0 Å². The second-order valence-electron chi connectivity index (χ2n) is 5.59. The molecule has 1 fully saturated rings. The van der Waals surface area contributed by atoms with E-state index in [0.717, 1.165) is 0 Å². The highest BCUT2D eigenvalue weighted by atomic mass is 16.6. The minimum Gasteiger partial charge on any atom is -0.504 e. The number of epoxide rings is 1. The number of hydrogen-bond donors (Lipinski definition) is 5. The van der Waals surface area contributed by atoms with Crippen LogP contribution in [0.5, 0.6) is 23.0 Å². The first-order valence-electron chi connectivity index (χ1n) is 7.40. The lowest BCUT2D eigenvalue weighted by Crippen LogP contribution is -2.06. The number of benzene rings is 2. The molecule has 0 spiro atoms. The van der Waals surface area contributed by atoms with E-state index in [0.29, 0.717) is 23.3 Å². The normalized spacial score (nSPS) is 16.2. The van der Waals surface area contributed by atoms with Crippen molar-refractivity contribution in [1.82, 2.24) is 0 Å². The molecule has 0 aliphatic carbocycles. The topological polar surface area (TPSA) is 123 Å². The Labute approximate surface area is 138 Å². The van der Waals surface area contributed by atoms with E-state index in [1.54, 1.807) is 6.07 Å². The molecule has 0 bridgehead atoms. The van der Waals surface area contributed by atoms with Crippen LogP contribution in [-0.2, 0) is 18.0 Å². The lowest BCUT2D eigenvalue weighted by atomic mass is 9.98. The van der Waals surface area contributed by atoms with Crippen molar-refractivity contribution in [2.24, 2.45) is 0 Å². The molecule has 1 atom stereocenters. The summed E-state index contributed by atoms with van der Waals surface area (Å²) in [6.45, 7) is 0.153. The molecule has 7 heteroatoms. The fourth-order valence-electron chi connectivity index (χ4n) is 2.43. The maximum absolute atomic E-state index is 10.2. The van der Waals surface area contributed by atoms with E-state index in [-0.39, 0.29) is 43.0 Å². The van der Waals surface area contributed by atoms with Crippen LogP contribution in [0.15, 0.2) is 24.3 Å². The van der Waals surface area contributed by atoms with Crippen molar-refractivity contribution in [2.45, 2.75) is 19.3 Å². The molecule has 1 unspecified atom stereocenters. The third-order valence-corrected chi connectivity index (χ3v) is 3.75. The third kappa shape index (κ3) is 3.23. The number of hydrogen-bond acceptors (Lipinski definition) is 7. The van der Waals surface area contributed by atoms with Crippen molar-refractivity contribution >= 4 is 0 Å². The molecule has 0 amide bonds. The average molecular weight is 334 g/mol. The van der Waals surface area contributed by atoms with Crippen molar-refractivity contribution in [2.75, 3.05) is 13.2 Å². The van der Waals surface area contributed by atoms with E-state index in [4.69, 9.17) is 9.47 Å². The van der Waals surface area contributed by atoms with Gasteiger partial charge < -0.3 is 35.0 Å². The van der Waals surface area contributed by atoms with Gasteiger partial charge in [0.15, 0.2) is 23.0 Å². The van der Waals surface area contributed by atoms with Crippen LogP contribution >= 0.6 is 0 Å². The van der Waals surface area contributed by atoms with Crippen LogP contribution in [0.1, 0.15) is 11.1 Å². The van der Waals surface area contributed by atoms with E-state index in [1.165, 1.54) is 18.2 Å². The second-order valence-corrected chi connectivity index (χ2v) is 5.59. The van der Waals surface area contributed by atoms with Gasteiger partial charge in [0.2, 0.25) is 0 Å². The van der Waals surface area contributed by atoms with Crippen LogP contribution in [0.4, 0.5) is 0 Å². The van der Waals surface area contributed by atoms with Gasteiger partial charge in [-0.15, -0.1) is 0 Å². The Balaban J connectivity index is 2.13. The molecule has 2 aromatic rings. The van der Waals surface area contributed by atoms with E-state index in [2.05, 4.69) is 0 Å². The Morgan fingerprint density at radius 3 is 2.08 bits per heavy atom. The van der Waals surface area contributed by atoms with Crippen molar-refractivity contribution in [3.63, 3.8) is 0 Å². The van der Waals surface area contributed by atoms with Crippen LogP contribution in [0, 0.1) is 0 Å². The third-order valence-electron chi connectivity index (χ3n) is 3.75. The Morgan fingerprint density at radius 2 is 1.50 bits per heavy atom. The summed E-state index contributed by atoms with van der Waals surface area (Å²) in [4.78, 5) is 0. The first kappa shape index (κ1) is 16.4. The zero-order valence-electron chi connectivity index (χ0n) is 12.8. The van der Waals surface area contributed by atoms with Gasteiger partial charge in [0.05, 0.1) is 19.8 Å². The fourth-order valence-corrected chi connectivity index (χ4v) is 2.43.